The van der Waals surface area contributed by atoms with Crippen LogP contribution in [0.15, 0.2) is 70.0 Å². The first-order valence-corrected chi connectivity index (χ1v) is 12.1. The normalized spacial score (nSPS) is 17.0. The number of fused-ring (bicyclic) bond motifs is 1. The number of benzene rings is 3. The number of oxazole rings is 1. The van der Waals surface area contributed by atoms with E-state index in [-0.39, 0.29) is 10.7 Å². The van der Waals surface area contributed by atoms with Gasteiger partial charge in [0.2, 0.25) is 15.9 Å². The van der Waals surface area contributed by atoms with E-state index >= 15 is 0 Å². The molecule has 0 amide bonds. The molecule has 8 heteroatoms. The number of hydrogen-bond donors (Lipinski definition) is 0. The Morgan fingerprint density at radius 3 is 2.52 bits per heavy atom. The lowest BCUT2D eigenvalue weighted by atomic mass is 10.0. The van der Waals surface area contributed by atoms with Crippen LogP contribution in [0, 0.1) is 12.7 Å². The second-order valence-electron chi connectivity index (χ2n) is 8.15. The number of hydrogen-bond acceptors (Lipinski definition) is 5. The first-order valence-electron chi connectivity index (χ1n) is 10.7. The van der Waals surface area contributed by atoms with Gasteiger partial charge in [0.1, 0.15) is 23.1 Å². The molecule has 6 nitrogen and oxygen atoms in total. The van der Waals surface area contributed by atoms with Crippen molar-refractivity contribution in [2.45, 2.75) is 30.7 Å². The molecule has 4 aromatic rings. The van der Waals surface area contributed by atoms with Crippen molar-refractivity contribution >= 4 is 21.1 Å². The van der Waals surface area contributed by atoms with Crippen LogP contribution in [-0.4, -0.2) is 31.4 Å². The molecule has 1 aliphatic heterocycles. The van der Waals surface area contributed by atoms with Crippen molar-refractivity contribution in [2.75, 3.05) is 13.7 Å². The summed E-state index contributed by atoms with van der Waals surface area (Å²) in [4.78, 5) is 4.85. The smallest absolute Gasteiger partial charge is 0.243 e. The lowest BCUT2D eigenvalue weighted by Gasteiger charge is -2.21. The minimum Gasteiger partial charge on any atom is -0.497 e. The molecule has 0 aliphatic carbocycles. The van der Waals surface area contributed by atoms with Crippen molar-refractivity contribution in [2.24, 2.45) is 0 Å². The standard InChI is InChI=1S/C25H23FN2O4S/c1-16-14-17(5-11-21(16)26)18-6-12-24-22(15-18)27-25(32-24)23-4-3-13-28(23)33(29,30)20-9-7-19(31-2)8-10-20/h5-12,14-15,23H,3-4,13H2,1-2H3/t23-/m0/s1. The van der Waals surface area contributed by atoms with Gasteiger partial charge in [-0.05, 0) is 85.0 Å². The maximum absolute atomic E-state index is 13.6. The summed E-state index contributed by atoms with van der Waals surface area (Å²) in [5.74, 6) is 0.730. The summed E-state index contributed by atoms with van der Waals surface area (Å²) in [7, 11) is -2.18. The third-order valence-corrected chi connectivity index (χ3v) is 7.97. The van der Waals surface area contributed by atoms with Crippen LogP contribution < -0.4 is 4.74 Å². The molecule has 0 unspecified atom stereocenters. The molecule has 1 saturated heterocycles. The number of nitrogens with zero attached hydrogens (tertiary/aromatic N) is 2. The van der Waals surface area contributed by atoms with Crippen molar-refractivity contribution in [1.29, 1.82) is 0 Å². The van der Waals surface area contributed by atoms with Gasteiger partial charge in [0.25, 0.3) is 0 Å². The Kier molecular flexibility index (Phi) is 5.42. The Hall–Kier alpha value is -3.23. The maximum Gasteiger partial charge on any atom is 0.243 e. The van der Waals surface area contributed by atoms with Gasteiger partial charge in [-0.15, -0.1) is 0 Å². The van der Waals surface area contributed by atoms with Crippen LogP contribution in [0.4, 0.5) is 4.39 Å². The number of sulfonamides is 1. The SMILES string of the molecule is COc1ccc(S(=O)(=O)N2CCC[C@H]2c2nc3cc(-c4ccc(F)c(C)c4)ccc3o2)cc1. The Balaban J connectivity index is 1.48. The molecule has 1 aliphatic rings. The fourth-order valence-electron chi connectivity index (χ4n) is 4.25. The predicted molar refractivity (Wildman–Crippen MR) is 123 cm³/mol. The number of methoxy groups -OCH3 is 1. The maximum atomic E-state index is 13.6. The van der Waals surface area contributed by atoms with Gasteiger partial charge >= 0.3 is 0 Å². The number of aromatic nitrogens is 1. The average molecular weight is 467 g/mol. The number of halogens is 1. The third kappa shape index (κ3) is 3.89. The minimum absolute atomic E-state index is 0.209. The quantitative estimate of drug-likeness (QED) is 0.390. The molecule has 33 heavy (non-hydrogen) atoms. The van der Waals surface area contributed by atoms with Gasteiger partial charge in [0.05, 0.1) is 12.0 Å². The first-order chi connectivity index (χ1) is 15.9. The van der Waals surface area contributed by atoms with Gasteiger partial charge in [-0.2, -0.15) is 4.31 Å². The monoisotopic (exact) mass is 466 g/mol. The second-order valence-corrected chi connectivity index (χ2v) is 10.0. The highest BCUT2D eigenvalue weighted by atomic mass is 32.2. The molecule has 2 heterocycles. The van der Waals surface area contributed by atoms with E-state index < -0.39 is 16.1 Å². The zero-order valence-corrected chi connectivity index (χ0v) is 19.1. The van der Waals surface area contributed by atoms with Crippen LogP contribution in [0.1, 0.15) is 30.3 Å². The molecule has 1 aromatic heterocycles. The van der Waals surface area contributed by atoms with Crippen LogP contribution in [0.3, 0.4) is 0 Å². The molecule has 1 atom stereocenters. The Labute approximate surface area is 191 Å². The minimum atomic E-state index is -3.72. The van der Waals surface area contributed by atoms with Crippen LogP contribution in [0.2, 0.25) is 0 Å². The molecular formula is C25H23FN2O4S. The van der Waals surface area contributed by atoms with Crippen LogP contribution in [0.25, 0.3) is 22.2 Å². The van der Waals surface area contributed by atoms with E-state index in [1.54, 1.807) is 43.3 Å². The molecular weight excluding hydrogens is 443 g/mol. The van der Waals surface area contributed by atoms with Crippen LogP contribution in [0.5, 0.6) is 5.75 Å². The zero-order valence-electron chi connectivity index (χ0n) is 18.3. The summed E-state index contributed by atoms with van der Waals surface area (Å²) < 4.78 is 52.9. The lowest BCUT2D eigenvalue weighted by molar-refractivity contribution is 0.337. The largest absolute Gasteiger partial charge is 0.497 e. The zero-order chi connectivity index (χ0) is 23.2. The molecule has 1 fully saturated rings. The van der Waals surface area contributed by atoms with Crippen molar-refractivity contribution in [1.82, 2.24) is 9.29 Å². The molecule has 0 spiro atoms. The van der Waals surface area contributed by atoms with Gasteiger partial charge in [-0.1, -0.05) is 12.1 Å². The van der Waals surface area contributed by atoms with Gasteiger partial charge < -0.3 is 9.15 Å². The predicted octanol–water partition coefficient (Wildman–Crippen LogP) is 5.48. The summed E-state index contributed by atoms with van der Waals surface area (Å²) in [6, 6.07) is 16.5. The van der Waals surface area contributed by atoms with E-state index in [2.05, 4.69) is 4.98 Å². The first kappa shape index (κ1) is 21.6. The van der Waals surface area contributed by atoms with Gasteiger partial charge in [0.15, 0.2) is 5.58 Å². The van der Waals surface area contributed by atoms with E-state index in [9.17, 15) is 12.8 Å². The summed E-state index contributed by atoms with van der Waals surface area (Å²) in [5, 5.41) is 0. The Morgan fingerprint density at radius 1 is 1.06 bits per heavy atom. The van der Waals surface area contributed by atoms with Gasteiger partial charge in [-0.25, -0.2) is 17.8 Å². The summed E-state index contributed by atoms with van der Waals surface area (Å²) in [5.41, 5.74) is 3.56. The molecule has 3 aromatic carbocycles. The number of ether oxygens (including phenoxy) is 1. The summed E-state index contributed by atoms with van der Waals surface area (Å²) in [6.45, 7) is 2.13. The van der Waals surface area contributed by atoms with Crippen LogP contribution >= 0.6 is 0 Å². The highest BCUT2D eigenvalue weighted by Gasteiger charge is 2.39. The average Bonchev–Trinajstić information content (AvgIpc) is 3.48. The highest BCUT2D eigenvalue weighted by Crippen LogP contribution is 2.38. The van der Waals surface area contributed by atoms with Crippen molar-refractivity contribution < 1.29 is 22.0 Å². The fourth-order valence-corrected chi connectivity index (χ4v) is 5.90. The van der Waals surface area contributed by atoms with Crippen LogP contribution in [-0.2, 0) is 10.0 Å². The molecule has 170 valence electrons. The van der Waals surface area contributed by atoms with E-state index in [1.807, 2.05) is 18.2 Å². The molecule has 0 bridgehead atoms. The Bertz CT molecular complexity index is 1430. The topological polar surface area (TPSA) is 72.6 Å². The van der Waals surface area contributed by atoms with Crippen molar-refractivity contribution in [3.63, 3.8) is 0 Å². The van der Waals surface area contributed by atoms with E-state index in [0.717, 1.165) is 17.5 Å². The van der Waals surface area contributed by atoms with Crippen molar-refractivity contribution in [3.8, 4) is 16.9 Å². The van der Waals surface area contributed by atoms with E-state index in [0.29, 0.717) is 41.3 Å². The van der Waals surface area contributed by atoms with Gasteiger partial charge in [0, 0.05) is 6.54 Å². The Morgan fingerprint density at radius 2 is 1.79 bits per heavy atom. The van der Waals surface area contributed by atoms with E-state index in [1.165, 1.54) is 17.5 Å². The van der Waals surface area contributed by atoms with Gasteiger partial charge in [-0.3, -0.25) is 0 Å². The molecule has 5 rings (SSSR count). The number of rotatable bonds is 5. The molecule has 0 radical (unpaired) electrons. The number of aryl methyl sites for hydroxylation is 1. The highest BCUT2D eigenvalue weighted by molar-refractivity contribution is 7.89. The molecule has 0 saturated carbocycles. The summed E-state index contributed by atoms with van der Waals surface area (Å²) in [6.07, 6.45) is 1.35. The second kappa shape index (κ2) is 8.28. The molecule has 0 N–H and O–H groups in total. The van der Waals surface area contributed by atoms with E-state index in [4.69, 9.17) is 9.15 Å². The summed E-state index contributed by atoms with van der Waals surface area (Å²) >= 11 is 0. The lowest BCUT2D eigenvalue weighted by Crippen LogP contribution is -2.30. The third-order valence-electron chi connectivity index (χ3n) is 6.05. The van der Waals surface area contributed by atoms with Crippen molar-refractivity contribution in [3.05, 3.63) is 77.9 Å². The fraction of sp³-hybridized carbons (Fsp3) is 0.240.